The van der Waals surface area contributed by atoms with Gasteiger partial charge in [0.25, 0.3) is 0 Å². The Balaban J connectivity index is 2.34. The Labute approximate surface area is 100 Å². The Kier molecular flexibility index (Phi) is 3.31. The van der Waals surface area contributed by atoms with Gasteiger partial charge in [0.15, 0.2) is 6.29 Å². The number of aldehydes is 1. The van der Waals surface area contributed by atoms with E-state index in [9.17, 15) is 9.00 Å². The van der Waals surface area contributed by atoms with E-state index in [1.807, 2.05) is 35.7 Å². The molecule has 0 saturated heterocycles. The molecule has 0 radical (unpaired) electrons. The van der Waals surface area contributed by atoms with Crippen LogP contribution >= 0.6 is 11.3 Å². The molecule has 1 aromatic heterocycles. The van der Waals surface area contributed by atoms with Gasteiger partial charge in [-0.3, -0.25) is 9.00 Å². The molecule has 0 aliphatic heterocycles. The SMILES string of the molecule is C[S@](=O)c1ccc(-c2csc(C=O)c2)cc1. The highest BCUT2D eigenvalue weighted by atomic mass is 32.2. The molecule has 1 aromatic carbocycles. The van der Waals surface area contributed by atoms with Crippen LogP contribution in [0.2, 0.25) is 0 Å². The molecule has 0 aliphatic rings. The molecule has 0 saturated carbocycles. The first-order valence-corrected chi connectivity index (χ1v) is 7.12. The Morgan fingerprint density at radius 3 is 2.38 bits per heavy atom. The first-order chi connectivity index (χ1) is 7.70. The van der Waals surface area contributed by atoms with Gasteiger partial charge in [0.1, 0.15) is 0 Å². The zero-order valence-corrected chi connectivity index (χ0v) is 10.3. The van der Waals surface area contributed by atoms with Crippen molar-refractivity contribution in [2.75, 3.05) is 6.26 Å². The van der Waals surface area contributed by atoms with Gasteiger partial charge in [0.2, 0.25) is 0 Å². The van der Waals surface area contributed by atoms with Gasteiger partial charge in [-0.2, -0.15) is 0 Å². The third kappa shape index (κ3) is 2.28. The normalized spacial score (nSPS) is 12.3. The van der Waals surface area contributed by atoms with E-state index in [-0.39, 0.29) is 0 Å². The summed E-state index contributed by atoms with van der Waals surface area (Å²) in [5, 5.41) is 1.95. The Morgan fingerprint density at radius 1 is 1.19 bits per heavy atom. The van der Waals surface area contributed by atoms with Gasteiger partial charge in [-0.1, -0.05) is 12.1 Å². The van der Waals surface area contributed by atoms with Crippen molar-refractivity contribution in [1.29, 1.82) is 0 Å². The molecule has 1 heterocycles. The Morgan fingerprint density at radius 2 is 1.88 bits per heavy atom. The predicted octanol–water partition coefficient (Wildman–Crippen LogP) is 2.97. The van der Waals surface area contributed by atoms with E-state index in [2.05, 4.69) is 0 Å². The van der Waals surface area contributed by atoms with Crippen LogP contribution in [0.3, 0.4) is 0 Å². The molecule has 82 valence electrons. The van der Waals surface area contributed by atoms with Crippen LogP contribution in [-0.2, 0) is 10.8 Å². The van der Waals surface area contributed by atoms with Gasteiger partial charge in [-0.05, 0) is 34.7 Å². The molecular weight excluding hydrogens is 240 g/mol. The molecule has 2 nitrogen and oxygen atoms in total. The van der Waals surface area contributed by atoms with Crippen LogP contribution in [0, 0.1) is 0 Å². The second-order valence-electron chi connectivity index (χ2n) is 3.33. The van der Waals surface area contributed by atoms with E-state index >= 15 is 0 Å². The highest BCUT2D eigenvalue weighted by molar-refractivity contribution is 7.84. The van der Waals surface area contributed by atoms with E-state index in [1.54, 1.807) is 6.26 Å². The number of thiophene rings is 1. The molecule has 2 rings (SSSR count). The summed E-state index contributed by atoms with van der Waals surface area (Å²) in [6.07, 6.45) is 2.51. The quantitative estimate of drug-likeness (QED) is 0.785. The second kappa shape index (κ2) is 4.72. The van der Waals surface area contributed by atoms with Crippen LogP contribution in [0.15, 0.2) is 40.6 Å². The lowest BCUT2D eigenvalue weighted by molar-refractivity contribution is 0.112. The minimum Gasteiger partial charge on any atom is -0.297 e. The number of benzene rings is 1. The maximum absolute atomic E-state index is 11.2. The molecule has 1 atom stereocenters. The molecule has 0 bridgehead atoms. The average molecular weight is 250 g/mol. The van der Waals surface area contributed by atoms with Crippen LogP contribution in [0.5, 0.6) is 0 Å². The fourth-order valence-electron chi connectivity index (χ4n) is 1.41. The Bertz CT molecular complexity index is 526. The van der Waals surface area contributed by atoms with Crippen LogP contribution in [0.4, 0.5) is 0 Å². The number of rotatable bonds is 3. The van der Waals surface area contributed by atoms with E-state index in [4.69, 9.17) is 0 Å². The topological polar surface area (TPSA) is 34.1 Å². The lowest BCUT2D eigenvalue weighted by atomic mass is 10.1. The highest BCUT2D eigenvalue weighted by Gasteiger charge is 2.03. The lowest BCUT2D eigenvalue weighted by Crippen LogP contribution is -1.86. The van der Waals surface area contributed by atoms with E-state index in [0.29, 0.717) is 0 Å². The van der Waals surface area contributed by atoms with Crippen molar-refractivity contribution in [3.63, 3.8) is 0 Å². The molecule has 0 amide bonds. The van der Waals surface area contributed by atoms with Crippen molar-refractivity contribution in [2.45, 2.75) is 4.90 Å². The number of carbonyl (C=O) groups is 1. The van der Waals surface area contributed by atoms with Crippen molar-refractivity contribution in [1.82, 2.24) is 0 Å². The first kappa shape index (κ1) is 11.2. The monoisotopic (exact) mass is 250 g/mol. The predicted molar refractivity (Wildman–Crippen MR) is 67.5 cm³/mol. The molecule has 4 heteroatoms. The molecule has 0 aliphatic carbocycles. The summed E-state index contributed by atoms with van der Waals surface area (Å²) in [6, 6.07) is 9.41. The number of hydrogen-bond acceptors (Lipinski definition) is 3. The van der Waals surface area contributed by atoms with Gasteiger partial charge < -0.3 is 0 Å². The molecule has 16 heavy (non-hydrogen) atoms. The number of carbonyl (C=O) groups excluding carboxylic acids is 1. The van der Waals surface area contributed by atoms with Gasteiger partial charge in [-0.25, -0.2) is 0 Å². The fraction of sp³-hybridized carbons (Fsp3) is 0.0833. The van der Waals surface area contributed by atoms with E-state index in [0.717, 1.165) is 27.2 Å². The van der Waals surface area contributed by atoms with Crippen LogP contribution in [0.25, 0.3) is 11.1 Å². The van der Waals surface area contributed by atoms with Crippen molar-refractivity contribution < 1.29 is 9.00 Å². The molecular formula is C12H10O2S2. The van der Waals surface area contributed by atoms with Crippen molar-refractivity contribution in [3.05, 3.63) is 40.6 Å². The first-order valence-electron chi connectivity index (χ1n) is 4.68. The Hall–Kier alpha value is -1.26. The molecule has 2 aromatic rings. The van der Waals surface area contributed by atoms with Crippen LogP contribution in [-0.4, -0.2) is 16.8 Å². The van der Waals surface area contributed by atoms with Crippen molar-refractivity contribution >= 4 is 28.4 Å². The summed E-state index contributed by atoms with van der Waals surface area (Å²) in [5.74, 6) is 0. The van der Waals surface area contributed by atoms with Gasteiger partial charge in [-0.15, -0.1) is 11.3 Å². The maximum Gasteiger partial charge on any atom is 0.160 e. The molecule has 0 fully saturated rings. The minimum atomic E-state index is -0.944. The zero-order chi connectivity index (χ0) is 11.5. The largest absolute Gasteiger partial charge is 0.297 e. The number of hydrogen-bond donors (Lipinski definition) is 0. The van der Waals surface area contributed by atoms with Gasteiger partial charge >= 0.3 is 0 Å². The lowest BCUT2D eigenvalue weighted by Gasteiger charge is -1.99. The summed E-state index contributed by atoms with van der Waals surface area (Å²) in [4.78, 5) is 12.1. The van der Waals surface area contributed by atoms with Crippen LogP contribution < -0.4 is 0 Å². The third-order valence-electron chi connectivity index (χ3n) is 2.26. The molecule has 0 N–H and O–H groups in total. The van der Waals surface area contributed by atoms with Crippen molar-refractivity contribution in [2.24, 2.45) is 0 Å². The molecule has 0 unspecified atom stereocenters. The highest BCUT2D eigenvalue weighted by Crippen LogP contribution is 2.25. The summed E-state index contributed by atoms with van der Waals surface area (Å²) in [5.41, 5.74) is 2.07. The minimum absolute atomic E-state index is 0.721. The van der Waals surface area contributed by atoms with E-state index < -0.39 is 10.8 Å². The summed E-state index contributed by atoms with van der Waals surface area (Å²) in [6.45, 7) is 0. The van der Waals surface area contributed by atoms with Crippen LogP contribution in [0.1, 0.15) is 9.67 Å². The zero-order valence-electron chi connectivity index (χ0n) is 8.67. The third-order valence-corrected chi connectivity index (χ3v) is 4.05. The summed E-state index contributed by atoms with van der Waals surface area (Å²) in [7, 11) is -0.944. The average Bonchev–Trinajstić information content (AvgIpc) is 2.77. The molecule has 0 spiro atoms. The maximum atomic E-state index is 11.2. The fourth-order valence-corrected chi connectivity index (χ4v) is 2.64. The summed E-state index contributed by atoms with van der Waals surface area (Å²) < 4.78 is 11.2. The standard InChI is InChI=1S/C12H10O2S2/c1-16(14)12-4-2-9(3-5-12)10-6-11(7-13)15-8-10/h2-8H,1H3/t16-/m0/s1. The van der Waals surface area contributed by atoms with Gasteiger partial charge in [0, 0.05) is 22.0 Å². The smallest absolute Gasteiger partial charge is 0.160 e. The second-order valence-corrected chi connectivity index (χ2v) is 5.66. The van der Waals surface area contributed by atoms with Crippen molar-refractivity contribution in [3.8, 4) is 11.1 Å². The van der Waals surface area contributed by atoms with Gasteiger partial charge in [0.05, 0.1) is 4.88 Å². The summed E-state index contributed by atoms with van der Waals surface area (Å²) >= 11 is 1.43. The van der Waals surface area contributed by atoms with E-state index in [1.165, 1.54) is 11.3 Å².